The summed E-state index contributed by atoms with van der Waals surface area (Å²) in [7, 11) is 0. The number of para-hydroxylation sites is 1. The van der Waals surface area contributed by atoms with Gasteiger partial charge >= 0.3 is 0 Å². The molecule has 3 aromatic carbocycles. The van der Waals surface area contributed by atoms with Gasteiger partial charge in [0.15, 0.2) is 6.61 Å². The molecule has 0 atom stereocenters. The molecule has 0 aliphatic carbocycles. The van der Waals surface area contributed by atoms with Crippen molar-refractivity contribution >= 4 is 28.2 Å². The standard InChI is InChI=1S/C27H28N4O3/c1-4-30(5-2)22-9-8-10-23(17-22)34-18-26(32)29-20-13-15-21(16-14-20)31-19(3)28-25-12-7-6-11-24(25)27(31)33/h6-17H,4-5,18H2,1-3H3,(H,29,32). The highest BCUT2D eigenvalue weighted by atomic mass is 16.5. The molecular formula is C27H28N4O3. The molecule has 0 radical (unpaired) electrons. The van der Waals surface area contributed by atoms with Crippen molar-refractivity contribution in [3.63, 3.8) is 0 Å². The Bertz CT molecular complexity index is 1360. The number of rotatable bonds is 8. The van der Waals surface area contributed by atoms with E-state index in [1.807, 2.05) is 42.5 Å². The van der Waals surface area contributed by atoms with Gasteiger partial charge < -0.3 is 15.0 Å². The van der Waals surface area contributed by atoms with Gasteiger partial charge in [-0.3, -0.25) is 14.2 Å². The zero-order chi connectivity index (χ0) is 24.1. The first-order chi connectivity index (χ1) is 16.5. The van der Waals surface area contributed by atoms with Crippen molar-refractivity contribution in [1.29, 1.82) is 0 Å². The van der Waals surface area contributed by atoms with Gasteiger partial charge in [0.1, 0.15) is 11.6 Å². The summed E-state index contributed by atoms with van der Waals surface area (Å²) in [6, 6.07) is 22.1. The summed E-state index contributed by atoms with van der Waals surface area (Å²) in [6.07, 6.45) is 0. The van der Waals surface area contributed by atoms with Crippen LogP contribution in [0.2, 0.25) is 0 Å². The van der Waals surface area contributed by atoms with E-state index in [1.165, 1.54) is 0 Å². The monoisotopic (exact) mass is 456 g/mol. The van der Waals surface area contributed by atoms with Crippen LogP contribution < -0.4 is 20.5 Å². The summed E-state index contributed by atoms with van der Waals surface area (Å²) in [5.74, 6) is 0.982. The van der Waals surface area contributed by atoms with E-state index in [2.05, 4.69) is 29.0 Å². The molecule has 1 amide bonds. The number of hydrogen-bond acceptors (Lipinski definition) is 5. The molecular weight excluding hydrogens is 428 g/mol. The highest BCUT2D eigenvalue weighted by Gasteiger charge is 2.11. The minimum atomic E-state index is -0.262. The van der Waals surface area contributed by atoms with Gasteiger partial charge in [0, 0.05) is 30.5 Å². The average molecular weight is 457 g/mol. The van der Waals surface area contributed by atoms with E-state index in [4.69, 9.17) is 4.74 Å². The maximum atomic E-state index is 13.0. The molecule has 34 heavy (non-hydrogen) atoms. The number of nitrogens with zero attached hydrogens (tertiary/aromatic N) is 3. The van der Waals surface area contributed by atoms with Gasteiger partial charge in [-0.15, -0.1) is 0 Å². The fraction of sp³-hybridized carbons (Fsp3) is 0.222. The lowest BCUT2D eigenvalue weighted by Gasteiger charge is -2.21. The molecule has 0 saturated carbocycles. The van der Waals surface area contributed by atoms with E-state index in [1.54, 1.807) is 41.8 Å². The first-order valence-corrected chi connectivity index (χ1v) is 11.4. The number of anilines is 2. The van der Waals surface area contributed by atoms with Crippen molar-refractivity contribution in [2.45, 2.75) is 20.8 Å². The molecule has 0 fully saturated rings. The van der Waals surface area contributed by atoms with Crippen LogP contribution in [0.5, 0.6) is 5.75 Å². The molecule has 4 rings (SSSR count). The highest BCUT2D eigenvalue weighted by Crippen LogP contribution is 2.21. The molecule has 7 heteroatoms. The Labute approximate surface area is 198 Å². The van der Waals surface area contributed by atoms with Gasteiger partial charge in [-0.2, -0.15) is 0 Å². The van der Waals surface area contributed by atoms with Crippen LogP contribution in [0.3, 0.4) is 0 Å². The molecule has 1 N–H and O–H groups in total. The van der Waals surface area contributed by atoms with Crippen molar-refractivity contribution < 1.29 is 9.53 Å². The number of carbonyl (C=O) groups excluding carboxylic acids is 1. The van der Waals surface area contributed by atoms with Gasteiger partial charge in [0.2, 0.25) is 0 Å². The zero-order valence-electron chi connectivity index (χ0n) is 19.6. The predicted molar refractivity (Wildman–Crippen MR) is 136 cm³/mol. The molecule has 4 aromatic rings. The van der Waals surface area contributed by atoms with E-state index in [0.717, 1.165) is 18.8 Å². The minimum Gasteiger partial charge on any atom is -0.484 e. The fourth-order valence-corrected chi connectivity index (χ4v) is 3.95. The van der Waals surface area contributed by atoms with E-state index in [9.17, 15) is 9.59 Å². The third-order valence-corrected chi connectivity index (χ3v) is 5.67. The number of ether oxygens (including phenoxy) is 1. The number of nitrogens with one attached hydrogen (secondary N) is 1. The van der Waals surface area contributed by atoms with Crippen molar-refractivity contribution in [3.8, 4) is 11.4 Å². The molecule has 174 valence electrons. The van der Waals surface area contributed by atoms with Crippen LogP contribution in [-0.2, 0) is 4.79 Å². The lowest BCUT2D eigenvalue weighted by Crippen LogP contribution is -2.23. The zero-order valence-corrected chi connectivity index (χ0v) is 19.6. The largest absolute Gasteiger partial charge is 0.484 e. The van der Waals surface area contributed by atoms with Gasteiger partial charge in [-0.25, -0.2) is 4.98 Å². The molecule has 0 aliphatic heterocycles. The van der Waals surface area contributed by atoms with Crippen LogP contribution in [0, 0.1) is 6.92 Å². The van der Waals surface area contributed by atoms with Crippen LogP contribution in [0.4, 0.5) is 11.4 Å². The second kappa shape index (κ2) is 10.2. The van der Waals surface area contributed by atoms with Gasteiger partial charge in [0.25, 0.3) is 11.5 Å². The fourth-order valence-electron chi connectivity index (χ4n) is 3.95. The molecule has 0 saturated heterocycles. The Hall–Kier alpha value is -4.13. The number of carbonyl (C=O) groups is 1. The summed E-state index contributed by atoms with van der Waals surface area (Å²) < 4.78 is 7.26. The Morgan fingerprint density at radius 3 is 2.47 bits per heavy atom. The first-order valence-electron chi connectivity index (χ1n) is 11.4. The average Bonchev–Trinajstić information content (AvgIpc) is 2.85. The Morgan fingerprint density at radius 1 is 1.00 bits per heavy atom. The maximum Gasteiger partial charge on any atom is 0.265 e. The Morgan fingerprint density at radius 2 is 1.74 bits per heavy atom. The Kier molecular flexibility index (Phi) is 6.92. The number of aromatic nitrogens is 2. The molecule has 0 aliphatic rings. The van der Waals surface area contributed by atoms with Crippen LogP contribution in [0.15, 0.2) is 77.6 Å². The number of benzene rings is 3. The third kappa shape index (κ3) is 4.93. The maximum absolute atomic E-state index is 13.0. The van der Waals surface area contributed by atoms with E-state index in [-0.39, 0.29) is 18.1 Å². The second-order valence-electron chi connectivity index (χ2n) is 7.87. The van der Waals surface area contributed by atoms with Crippen molar-refractivity contribution in [2.75, 3.05) is 29.9 Å². The SMILES string of the molecule is CCN(CC)c1cccc(OCC(=O)Nc2ccc(-n3c(C)nc4ccccc4c3=O)cc2)c1. The molecule has 0 unspecified atom stereocenters. The molecule has 7 nitrogen and oxygen atoms in total. The second-order valence-corrected chi connectivity index (χ2v) is 7.87. The molecule has 1 heterocycles. The number of amides is 1. The number of aryl methyl sites for hydroxylation is 1. The normalized spacial score (nSPS) is 10.8. The lowest BCUT2D eigenvalue weighted by molar-refractivity contribution is -0.118. The summed E-state index contributed by atoms with van der Waals surface area (Å²) in [5, 5.41) is 3.39. The molecule has 1 aromatic heterocycles. The smallest absolute Gasteiger partial charge is 0.265 e. The summed E-state index contributed by atoms with van der Waals surface area (Å²) >= 11 is 0. The van der Waals surface area contributed by atoms with E-state index < -0.39 is 0 Å². The van der Waals surface area contributed by atoms with Gasteiger partial charge in [-0.1, -0.05) is 18.2 Å². The highest BCUT2D eigenvalue weighted by molar-refractivity contribution is 5.92. The summed E-state index contributed by atoms with van der Waals surface area (Å²) in [5.41, 5.74) is 2.91. The third-order valence-electron chi connectivity index (χ3n) is 5.67. The summed E-state index contributed by atoms with van der Waals surface area (Å²) in [4.78, 5) is 32.1. The lowest BCUT2D eigenvalue weighted by atomic mass is 10.2. The predicted octanol–water partition coefficient (Wildman–Crippen LogP) is 4.56. The van der Waals surface area contributed by atoms with Gasteiger partial charge in [-0.05, 0) is 69.3 Å². The number of fused-ring (bicyclic) bond motifs is 1. The van der Waals surface area contributed by atoms with Crippen molar-refractivity contribution in [1.82, 2.24) is 9.55 Å². The first kappa shape index (κ1) is 23.0. The minimum absolute atomic E-state index is 0.101. The van der Waals surface area contributed by atoms with Crippen molar-refractivity contribution in [3.05, 3.63) is 89.0 Å². The topological polar surface area (TPSA) is 76.5 Å². The van der Waals surface area contributed by atoms with Crippen LogP contribution in [-0.4, -0.2) is 35.2 Å². The molecule has 0 spiro atoms. The van der Waals surface area contributed by atoms with Crippen LogP contribution in [0.25, 0.3) is 16.6 Å². The van der Waals surface area contributed by atoms with Crippen LogP contribution in [0.1, 0.15) is 19.7 Å². The Balaban J connectivity index is 1.43. The molecule has 0 bridgehead atoms. The number of hydrogen-bond donors (Lipinski definition) is 1. The summed E-state index contributed by atoms with van der Waals surface area (Å²) in [6.45, 7) is 7.70. The van der Waals surface area contributed by atoms with E-state index in [0.29, 0.717) is 33.9 Å². The van der Waals surface area contributed by atoms with Crippen LogP contribution >= 0.6 is 0 Å². The van der Waals surface area contributed by atoms with Crippen molar-refractivity contribution in [2.24, 2.45) is 0 Å². The van der Waals surface area contributed by atoms with Gasteiger partial charge in [0.05, 0.1) is 16.6 Å². The quantitative estimate of drug-likeness (QED) is 0.421. The van der Waals surface area contributed by atoms with E-state index >= 15 is 0 Å².